The molecular weight excluding hydrogens is 428 g/mol. The quantitative estimate of drug-likeness (QED) is 0.330. The van der Waals surface area contributed by atoms with Gasteiger partial charge in [0.1, 0.15) is 5.60 Å². The fraction of sp³-hybridized carbons (Fsp3) is 0.286. The second-order valence-electron chi connectivity index (χ2n) is 7.21. The van der Waals surface area contributed by atoms with Gasteiger partial charge >= 0.3 is 6.16 Å². The Balaban J connectivity index is 2.17. The summed E-state index contributed by atoms with van der Waals surface area (Å²) in [6.07, 6.45) is -0.928. The zero-order valence-corrected chi connectivity index (χ0v) is 17.5. The van der Waals surface area contributed by atoms with Crippen molar-refractivity contribution in [2.24, 2.45) is 0 Å². The van der Waals surface area contributed by atoms with Crippen LogP contribution in [0.15, 0.2) is 30.3 Å². The molecule has 0 radical (unpaired) electrons. The maximum atomic E-state index is 13.1. The first-order valence-electron chi connectivity index (χ1n) is 8.57. The molecule has 0 saturated carbocycles. The maximum Gasteiger partial charge on any atom is 0.514 e. The molecule has 0 bridgehead atoms. The Kier molecular flexibility index (Phi) is 5.30. The van der Waals surface area contributed by atoms with Gasteiger partial charge in [0.05, 0.1) is 7.11 Å². The molecule has 0 spiro atoms. The second kappa shape index (κ2) is 7.39. The Bertz CT molecular complexity index is 987. The number of ketones is 2. The van der Waals surface area contributed by atoms with Crippen LogP contribution in [0.3, 0.4) is 0 Å². The highest BCUT2D eigenvalue weighted by Gasteiger charge is 2.35. The van der Waals surface area contributed by atoms with Gasteiger partial charge in [-0.15, -0.1) is 0 Å². The first-order chi connectivity index (χ1) is 13.2. The number of rotatable bonds is 3. The highest BCUT2D eigenvalue weighted by Crippen LogP contribution is 2.41. The van der Waals surface area contributed by atoms with E-state index in [1.807, 2.05) is 0 Å². The van der Waals surface area contributed by atoms with E-state index < -0.39 is 11.8 Å². The summed E-state index contributed by atoms with van der Waals surface area (Å²) >= 11 is 3.34. The minimum atomic E-state index is -0.928. The summed E-state index contributed by atoms with van der Waals surface area (Å²) in [5.41, 5.74) is 0.663. The third-order valence-corrected chi connectivity index (χ3v) is 4.72. The van der Waals surface area contributed by atoms with E-state index in [4.69, 9.17) is 14.2 Å². The smallest absolute Gasteiger partial charge is 0.493 e. The van der Waals surface area contributed by atoms with Gasteiger partial charge in [-0.05, 0) is 26.8 Å². The van der Waals surface area contributed by atoms with Crippen molar-refractivity contribution in [1.29, 1.82) is 0 Å². The lowest BCUT2D eigenvalue weighted by Crippen LogP contribution is -2.27. The Morgan fingerprint density at radius 1 is 1.04 bits per heavy atom. The maximum absolute atomic E-state index is 13.1. The average Bonchev–Trinajstić information content (AvgIpc) is 2.64. The van der Waals surface area contributed by atoms with Gasteiger partial charge in [-0.1, -0.05) is 40.2 Å². The van der Waals surface area contributed by atoms with Crippen LogP contribution < -0.4 is 9.47 Å². The molecule has 6 nitrogen and oxygen atoms in total. The number of carbonyl (C=O) groups is 3. The largest absolute Gasteiger partial charge is 0.514 e. The standard InChI is InChI=1S/C21H19BrO6/c1-21(2,3)28-20(25)27-19-14(10-22)16-13(9-15(19)26-4)17(23)11-7-5-6-8-12(11)18(16)24/h5-9H,10H2,1-4H3. The van der Waals surface area contributed by atoms with Crippen LogP contribution >= 0.6 is 15.9 Å². The predicted octanol–water partition coefficient (Wildman–Crippen LogP) is 4.68. The number of halogens is 1. The van der Waals surface area contributed by atoms with E-state index in [0.29, 0.717) is 16.7 Å². The summed E-state index contributed by atoms with van der Waals surface area (Å²) in [6, 6.07) is 8.05. The van der Waals surface area contributed by atoms with Crippen LogP contribution in [0.1, 0.15) is 58.2 Å². The number of carbonyl (C=O) groups excluding carboxylic acids is 3. The van der Waals surface area contributed by atoms with Crippen molar-refractivity contribution in [1.82, 2.24) is 0 Å². The van der Waals surface area contributed by atoms with Gasteiger partial charge in [-0.2, -0.15) is 0 Å². The van der Waals surface area contributed by atoms with Gasteiger partial charge in [0.15, 0.2) is 23.1 Å². The molecule has 0 N–H and O–H groups in total. The molecule has 146 valence electrons. The molecule has 1 aliphatic rings. The number of ether oxygens (including phenoxy) is 3. The normalized spacial score (nSPS) is 12.9. The molecule has 1 aliphatic carbocycles. The molecule has 2 aromatic rings. The molecule has 0 amide bonds. The SMILES string of the molecule is COc1cc2c(c(CBr)c1OC(=O)OC(C)(C)C)C(=O)c1ccccc1C2=O. The Morgan fingerprint density at radius 2 is 1.64 bits per heavy atom. The fourth-order valence-electron chi connectivity index (χ4n) is 3.04. The molecule has 0 aliphatic heterocycles. The summed E-state index contributed by atoms with van der Waals surface area (Å²) in [5, 5.41) is 0.172. The van der Waals surface area contributed by atoms with Crippen LogP contribution in [0.4, 0.5) is 4.79 Å². The van der Waals surface area contributed by atoms with Crippen LogP contribution in [-0.2, 0) is 10.1 Å². The third-order valence-electron chi connectivity index (χ3n) is 4.16. The summed E-state index contributed by atoms with van der Waals surface area (Å²) < 4.78 is 15.9. The molecule has 0 fully saturated rings. The Hall–Kier alpha value is -2.67. The molecule has 2 aromatic carbocycles. The number of hydrogen-bond acceptors (Lipinski definition) is 6. The van der Waals surface area contributed by atoms with Gasteiger partial charge in [0.2, 0.25) is 0 Å². The minimum Gasteiger partial charge on any atom is -0.493 e. The lowest BCUT2D eigenvalue weighted by Gasteiger charge is -2.24. The van der Waals surface area contributed by atoms with Gasteiger partial charge in [0, 0.05) is 33.1 Å². The molecule has 0 saturated heterocycles. The van der Waals surface area contributed by atoms with E-state index in [0.717, 1.165) is 0 Å². The summed E-state index contributed by atoms with van der Waals surface area (Å²) in [5.74, 6) is -0.377. The number of alkyl halides is 1. The first kappa shape index (κ1) is 20.1. The highest BCUT2D eigenvalue weighted by atomic mass is 79.9. The number of hydrogen-bond donors (Lipinski definition) is 0. The van der Waals surface area contributed by atoms with Crippen LogP contribution in [0, 0.1) is 0 Å². The predicted molar refractivity (Wildman–Crippen MR) is 106 cm³/mol. The molecular formula is C21H19BrO6. The van der Waals surface area contributed by atoms with Gasteiger partial charge in [0.25, 0.3) is 0 Å². The molecule has 7 heteroatoms. The van der Waals surface area contributed by atoms with E-state index in [1.54, 1.807) is 45.0 Å². The van der Waals surface area contributed by atoms with Crippen molar-refractivity contribution >= 4 is 33.7 Å². The lowest BCUT2D eigenvalue weighted by atomic mass is 9.81. The van der Waals surface area contributed by atoms with E-state index in [2.05, 4.69) is 15.9 Å². The van der Waals surface area contributed by atoms with Crippen LogP contribution in [0.5, 0.6) is 11.5 Å². The van der Waals surface area contributed by atoms with Crippen molar-refractivity contribution in [3.05, 3.63) is 58.1 Å². The van der Waals surface area contributed by atoms with Crippen molar-refractivity contribution in [2.75, 3.05) is 7.11 Å². The molecule has 3 rings (SSSR count). The highest BCUT2D eigenvalue weighted by molar-refractivity contribution is 9.08. The van der Waals surface area contributed by atoms with E-state index in [-0.39, 0.29) is 39.5 Å². The summed E-state index contributed by atoms with van der Waals surface area (Å²) in [6.45, 7) is 5.13. The van der Waals surface area contributed by atoms with Gasteiger partial charge in [-0.3, -0.25) is 9.59 Å². The lowest BCUT2D eigenvalue weighted by molar-refractivity contribution is 0.0199. The Labute approximate surface area is 170 Å². The summed E-state index contributed by atoms with van der Waals surface area (Å²) in [7, 11) is 1.39. The topological polar surface area (TPSA) is 78.9 Å². The number of benzene rings is 2. The third kappa shape index (κ3) is 3.54. The minimum absolute atomic E-state index is 0.0490. The fourth-order valence-corrected chi connectivity index (χ4v) is 3.57. The van der Waals surface area contributed by atoms with Crippen LogP contribution in [0.2, 0.25) is 0 Å². The van der Waals surface area contributed by atoms with Crippen LogP contribution in [-0.4, -0.2) is 30.4 Å². The van der Waals surface area contributed by atoms with Crippen molar-refractivity contribution in [2.45, 2.75) is 31.7 Å². The number of methoxy groups -OCH3 is 1. The van der Waals surface area contributed by atoms with Crippen molar-refractivity contribution in [3.8, 4) is 11.5 Å². The first-order valence-corrected chi connectivity index (χ1v) is 9.69. The average molecular weight is 447 g/mol. The number of fused-ring (bicyclic) bond motifs is 2. The molecule has 0 aromatic heterocycles. The van der Waals surface area contributed by atoms with E-state index in [9.17, 15) is 14.4 Å². The molecule has 0 unspecified atom stereocenters. The Morgan fingerprint density at radius 3 is 2.18 bits per heavy atom. The van der Waals surface area contributed by atoms with E-state index >= 15 is 0 Å². The molecule has 0 heterocycles. The van der Waals surface area contributed by atoms with Gasteiger partial charge in [-0.25, -0.2) is 4.79 Å². The van der Waals surface area contributed by atoms with Crippen molar-refractivity contribution < 1.29 is 28.6 Å². The monoisotopic (exact) mass is 446 g/mol. The van der Waals surface area contributed by atoms with Crippen LogP contribution in [0.25, 0.3) is 0 Å². The second-order valence-corrected chi connectivity index (χ2v) is 7.77. The molecule has 0 atom stereocenters. The zero-order valence-electron chi connectivity index (χ0n) is 15.9. The zero-order chi connectivity index (χ0) is 20.6. The summed E-state index contributed by atoms with van der Waals surface area (Å²) in [4.78, 5) is 38.3. The van der Waals surface area contributed by atoms with E-state index in [1.165, 1.54) is 13.2 Å². The van der Waals surface area contributed by atoms with Gasteiger partial charge < -0.3 is 14.2 Å². The molecule has 28 heavy (non-hydrogen) atoms. The van der Waals surface area contributed by atoms with Crippen molar-refractivity contribution in [3.63, 3.8) is 0 Å².